The highest BCUT2D eigenvalue weighted by Crippen LogP contribution is 2.25. The Morgan fingerprint density at radius 2 is 2.22 bits per heavy atom. The molecule has 2 aliphatic heterocycles. The van der Waals surface area contributed by atoms with Gasteiger partial charge in [-0.2, -0.15) is 0 Å². The number of hydrogen-bond donors (Lipinski definition) is 1. The predicted molar refractivity (Wildman–Crippen MR) is 68.0 cm³/mol. The molecule has 0 spiro atoms. The molecule has 98 valence electrons. The van der Waals surface area contributed by atoms with E-state index >= 15 is 0 Å². The SMILES string of the molecule is CC1=N[C@@H](C=O)C(C)=C2CN(C(=O)CN)CCN12. The molecule has 1 atom stereocenters. The van der Waals surface area contributed by atoms with Crippen LogP contribution in [0.4, 0.5) is 0 Å². The van der Waals surface area contributed by atoms with Crippen molar-refractivity contribution in [1.82, 2.24) is 9.80 Å². The van der Waals surface area contributed by atoms with Crippen LogP contribution in [0, 0.1) is 0 Å². The predicted octanol–water partition coefficient (Wildman–Crippen LogP) is -0.637. The van der Waals surface area contributed by atoms with Crippen LogP contribution in [-0.4, -0.2) is 60.0 Å². The van der Waals surface area contributed by atoms with Gasteiger partial charge in [-0.25, -0.2) is 0 Å². The van der Waals surface area contributed by atoms with Gasteiger partial charge in [-0.15, -0.1) is 0 Å². The van der Waals surface area contributed by atoms with Crippen LogP contribution >= 0.6 is 0 Å². The first-order valence-electron chi connectivity index (χ1n) is 6.03. The third-order valence-corrected chi connectivity index (χ3v) is 3.53. The maximum Gasteiger partial charge on any atom is 0.236 e. The molecular weight excluding hydrogens is 232 g/mol. The van der Waals surface area contributed by atoms with Crippen molar-refractivity contribution in [2.45, 2.75) is 19.9 Å². The zero-order valence-electron chi connectivity index (χ0n) is 10.7. The van der Waals surface area contributed by atoms with Gasteiger partial charge in [0.25, 0.3) is 0 Å². The van der Waals surface area contributed by atoms with Crippen LogP contribution < -0.4 is 5.73 Å². The van der Waals surface area contributed by atoms with Crippen LogP contribution in [0.3, 0.4) is 0 Å². The number of amidine groups is 1. The number of fused-ring (bicyclic) bond motifs is 1. The molecule has 0 aromatic rings. The van der Waals surface area contributed by atoms with Crippen LogP contribution in [-0.2, 0) is 9.59 Å². The average molecular weight is 250 g/mol. The molecule has 2 aliphatic rings. The Morgan fingerprint density at radius 3 is 2.83 bits per heavy atom. The summed E-state index contributed by atoms with van der Waals surface area (Å²) in [6, 6.07) is -0.413. The lowest BCUT2D eigenvalue weighted by Crippen LogP contribution is -2.52. The molecule has 1 fully saturated rings. The fraction of sp³-hybridized carbons (Fsp3) is 0.583. The highest BCUT2D eigenvalue weighted by atomic mass is 16.2. The molecular formula is C12H18N4O2. The topological polar surface area (TPSA) is 79.0 Å². The van der Waals surface area contributed by atoms with E-state index in [2.05, 4.69) is 9.89 Å². The highest BCUT2D eigenvalue weighted by molar-refractivity contribution is 5.87. The molecule has 6 nitrogen and oxygen atoms in total. The Labute approximate surface area is 106 Å². The van der Waals surface area contributed by atoms with E-state index in [1.54, 1.807) is 4.90 Å². The molecule has 0 saturated carbocycles. The summed E-state index contributed by atoms with van der Waals surface area (Å²) in [4.78, 5) is 30.8. The number of carbonyl (C=O) groups excluding carboxylic acids is 2. The second-order valence-corrected chi connectivity index (χ2v) is 4.56. The monoisotopic (exact) mass is 250 g/mol. The second-order valence-electron chi connectivity index (χ2n) is 4.56. The number of aldehydes is 1. The maximum absolute atomic E-state index is 11.6. The second kappa shape index (κ2) is 4.89. The van der Waals surface area contributed by atoms with E-state index in [0.29, 0.717) is 19.6 Å². The summed E-state index contributed by atoms with van der Waals surface area (Å²) in [7, 11) is 0. The Hall–Kier alpha value is -1.69. The minimum absolute atomic E-state index is 0.0243. The van der Waals surface area contributed by atoms with Crippen LogP contribution in [0.25, 0.3) is 0 Å². The van der Waals surface area contributed by atoms with Gasteiger partial charge in [0.05, 0.1) is 13.1 Å². The van der Waals surface area contributed by atoms with E-state index in [0.717, 1.165) is 23.4 Å². The zero-order valence-corrected chi connectivity index (χ0v) is 10.7. The van der Waals surface area contributed by atoms with Crippen molar-refractivity contribution >= 4 is 18.0 Å². The average Bonchev–Trinajstić information content (AvgIpc) is 2.41. The molecule has 0 aromatic carbocycles. The molecule has 0 radical (unpaired) electrons. The first-order chi connectivity index (χ1) is 8.58. The molecule has 2 heterocycles. The summed E-state index contributed by atoms with van der Waals surface area (Å²) in [5.74, 6) is 0.783. The van der Waals surface area contributed by atoms with Gasteiger partial charge in [0.15, 0.2) is 0 Å². The number of aliphatic imine (C=N–C) groups is 1. The molecule has 0 bridgehead atoms. The summed E-state index contributed by atoms with van der Waals surface area (Å²) in [6.45, 7) is 5.68. The van der Waals surface area contributed by atoms with Gasteiger partial charge in [0, 0.05) is 18.8 Å². The summed E-state index contributed by atoms with van der Waals surface area (Å²) in [5.41, 5.74) is 7.31. The summed E-state index contributed by atoms with van der Waals surface area (Å²) in [5, 5.41) is 0. The first kappa shape index (κ1) is 12.8. The lowest BCUT2D eigenvalue weighted by atomic mass is 10.0. The highest BCUT2D eigenvalue weighted by Gasteiger charge is 2.31. The number of amides is 1. The van der Waals surface area contributed by atoms with Crippen LogP contribution in [0.2, 0.25) is 0 Å². The number of rotatable bonds is 2. The number of piperazine rings is 1. The molecule has 2 N–H and O–H groups in total. The van der Waals surface area contributed by atoms with Gasteiger partial charge >= 0.3 is 0 Å². The largest absolute Gasteiger partial charge is 0.334 e. The normalized spacial score (nSPS) is 23.7. The summed E-state index contributed by atoms with van der Waals surface area (Å²) < 4.78 is 0. The zero-order chi connectivity index (χ0) is 13.3. The summed E-state index contributed by atoms with van der Waals surface area (Å²) >= 11 is 0. The van der Waals surface area contributed by atoms with E-state index in [4.69, 9.17) is 5.73 Å². The van der Waals surface area contributed by atoms with Crippen molar-refractivity contribution in [3.05, 3.63) is 11.3 Å². The molecule has 1 amide bonds. The first-order valence-corrected chi connectivity index (χ1v) is 6.03. The Bertz CT molecular complexity index is 441. The Morgan fingerprint density at radius 1 is 1.50 bits per heavy atom. The minimum atomic E-state index is -0.413. The van der Waals surface area contributed by atoms with Crippen molar-refractivity contribution in [2.24, 2.45) is 10.7 Å². The third-order valence-electron chi connectivity index (χ3n) is 3.53. The number of hydrogen-bond acceptors (Lipinski definition) is 5. The number of carbonyl (C=O) groups is 2. The van der Waals surface area contributed by atoms with Crippen LogP contribution in [0.15, 0.2) is 16.3 Å². The van der Waals surface area contributed by atoms with Gasteiger partial charge in [-0.05, 0) is 19.4 Å². The smallest absolute Gasteiger partial charge is 0.236 e. The third kappa shape index (κ3) is 2.03. The standard InChI is InChI=1S/C12H18N4O2/c1-8-10(7-17)14-9(2)16-4-3-15(6-11(8)16)12(18)5-13/h7,10H,3-6,13H2,1-2H3/t10-/m0/s1. The van der Waals surface area contributed by atoms with Crippen molar-refractivity contribution in [3.8, 4) is 0 Å². The Kier molecular flexibility index (Phi) is 3.47. The molecule has 0 aliphatic carbocycles. The van der Waals surface area contributed by atoms with Crippen molar-refractivity contribution in [1.29, 1.82) is 0 Å². The van der Waals surface area contributed by atoms with Crippen LogP contribution in [0.5, 0.6) is 0 Å². The molecule has 2 rings (SSSR count). The van der Waals surface area contributed by atoms with Crippen molar-refractivity contribution in [2.75, 3.05) is 26.2 Å². The fourth-order valence-electron chi connectivity index (χ4n) is 2.41. The fourth-order valence-corrected chi connectivity index (χ4v) is 2.41. The van der Waals surface area contributed by atoms with Crippen molar-refractivity contribution in [3.63, 3.8) is 0 Å². The minimum Gasteiger partial charge on any atom is -0.334 e. The van der Waals surface area contributed by atoms with Gasteiger partial charge in [0.1, 0.15) is 18.2 Å². The van der Waals surface area contributed by atoms with E-state index < -0.39 is 6.04 Å². The van der Waals surface area contributed by atoms with Gasteiger partial charge in [-0.3, -0.25) is 9.79 Å². The van der Waals surface area contributed by atoms with Gasteiger partial charge in [0.2, 0.25) is 5.91 Å². The van der Waals surface area contributed by atoms with E-state index in [1.807, 2.05) is 13.8 Å². The number of nitrogens with zero attached hydrogens (tertiary/aromatic N) is 3. The molecule has 0 unspecified atom stereocenters. The lowest BCUT2D eigenvalue weighted by Gasteiger charge is -2.41. The number of nitrogens with two attached hydrogens (primary N) is 1. The summed E-state index contributed by atoms with van der Waals surface area (Å²) in [6.07, 6.45) is 0.840. The van der Waals surface area contributed by atoms with Gasteiger partial charge in [-0.1, -0.05) is 0 Å². The maximum atomic E-state index is 11.6. The van der Waals surface area contributed by atoms with E-state index in [9.17, 15) is 9.59 Å². The van der Waals surface area contributed by atoms with E-state index in [1.165, 1.54) is 0 Å². The Balaban J connectivity index is 2.27. The lowest BCUT2D eigenvalue weighted by molar-refractivity contribution is -0.130. The van der Waals surface area contributed by atoms with Gasteiger partial charge < -0.3 is 20.3 Å². The van der Waals surface area contributed by atoms with Crippen molar-refractivity contribution < 1.29 is 9.59 Å². The van der Waals surface area contributed by atoms with E-state index in [-0.39, 0.29) is 12.5 Å². The molecule has 6 heteroatoms. The molecule has 0 aromatic heterocycles. The quantitative estimate of drug-likeness (QED) is 0.661. The molecule has 1 saturated heterocycles. The molecule has 18 heavy (non-hydrogen) atoms. The van der Waals surface area contributed by atoms with Crippen LogP contribution in [0.1, 0.15) is 13.8 Å².